The topological polar surface area (TPSA) is 55.6 Å². The summed E-state index contributed by atoms with van der Waals surface area (Å²) in [5.74, 6) is 0.404. The number of nitrogens with zero attached hydrogens (tertiary/aromatic N) is 2. The monoisotopic (exact) mass is 425 g/mol. The molecule has 0 saturated heterocycles. The van der Waals surface area contributed by atoms with Crippen LogP contribution in [0.2, 0.25) is 0 Å². The Kier molecular flexibility index (Phi) is 6.36. The molecule has 4 aromatic rings. The molecule has 5 heteroatoms. The Morgan fingerprint density at radius 1 is 1.00 bits per heavy atom. The van der Waals surface area contributed by atoms with Gasteiger partial charge in [0.2, 0.25) is 0 Å². The van der Waals surface area contributed by atoms with Crippen LogP contribution in [0, 0.1) is 20.8 Å². The van der Waals surface area contributed by atoms with Crippen molar-refractivity contribution in [2.75, 3.05) is 6.61 Å². The number of hydrogen-bond donors (Lipinski definition) is 1. The van der Waals surface area contributed by atoms with Gasteiger partial charge >= 0.3 is 0 Å². The van der Waals surface area contributed by atoms with Gasteiger partial charge in [-0.15, -0.1) is 0 Å². The number of carbonyl (C=O) groups is 1. The van der Waals surface area contributed by atoms with Crippen molar-refractivity contribution < 1.29 is 9.53 Å². The summed E-state index contributed by atoms with van der Waals surface area (Å²) in [6.07, 6.45) is 1.72. The van der Waals surface area contributed by atoms with Gasteiger partial charge in [-0.2, -0.15) is 5.10 Å². The maximum atomic E-state index is 12.2. The summed E-state index contributed by atoms with van der Waals surface area (Å²) in [5, 5.41) is 5.31. The molecule has 0 fully saturated rings. The normalized spacial score (nSPS) is 11.2. The maximum Gasteiger partial charge on any atom is 0.277 e. The molecule has 0 spiro atoms. The predicted molar refractivity (Wildman–Crippen MR) is 129 cm³/mol. The number of rotatable bonds is 7. The number of benzene rings is 3. The van der Waals surface area contributed by atoms with Crippen LogP contribution >= 0.6 is 0 Å². The predicted octanol–water partition coefficient (Wildman–Crippen LogP) is 5.14. The Morgan fingerprint density at radius 2 is 1.75 bits per heavy atom. The number of aromatic nitrogens is 1. The second-order valence-electron chi connectivity index (χ2n) is 7.94. The van der Waals surface area contributed by atoms with Crippen molar-refractivity contribution in [1.82, 2.24) is 9.99 Å². The molecule has 162 valence electrons. The molecule has 1 N–H and O–H groups in total. The van der Waals surface area contributed by atoms with Crippen LogP contribution in [0.1, 0.15) is 27.9 Å². The van der Waals surface area contributed by atoms with Crippen molar-refractivity contribution in [2.45, 2.75) is 27.3 Å². The van der Waals surface area contributed by atoms with Crippen LogP contribution < -0.4 is 10.2 Å². The summed E-state index contributed by atoms with van der Waals surface area (Å²) in [6.45, 7) is 6.76. The SMILES string of the molecule is Cc1ccc(OCC(=O)N/N=C/c2c(C)n(Cc3ccccc3)c3ccccc23)c(C)c1. The van der Waals surface area contributed by atoms with Gasteiger partial charge in [-0.1, -0.05) is 66.2 Å². The van der Waals surface area contributed by atoms with E-state index in [1.54, 1.807) is 6.21 Å². The lowest BCUT2D eigenvalue weighted by Crippen LogP contribution is -2.24. The Morgan fingerprint density at radius 3 is 2.53 bits per heavy atom. The first-order chi connectivity index (χ1) is 15.5. The van der Waals surface area contributed by atoms with E-state index in [4.69, 9.17) is 4.74 Å². The third-order valence-corrected chi connectivity index (χ3v) is 5.54. The van der Waals surface area contributed by atoms with E-state index in [9.17, 15) is 4.79 Å². The summed E-state index contributed by atoms with van der Waals surface area (Å²) in [7, 11) is 0. The second kappa shape index (κ2) is 9.52. The number of hydrazone groups is 1. The molecule has 0 aliphatic carbocycles. The van der Waals surface area contributed by atoms with Crippen molar-refractivity contribution in [3.8, 4) is 5.75 Å². The van der Waals surface area contributed by atoms with Crippen LogP contribution in [0.3, 0.4) is 0 Å². The van der Waals surface area contributed by atoms with Crippen molar-refractivity contribution in [1.29, 1.82) is 0 Å². The molecule has 1 aromatic heterocycles. The van der Waals surface area contributed by atoms with E-state index in [-0.39, 0.29) is 12.5 Å². The van der Waals surface area contributed by atoms with E-state index in [1.807, 2.05) is 50.2 Å². The fraction of sp³-hybridized carbons (Fsp3) is 0.185. The number of para-hydroxylation sites is 1. The first-order valence-electron chi connectivity index (χ1n) is 10.7. The fourth-order valence-electron chi connectivity index (χ4n) is 3.90. The number of hydrogen-bond acceptors (Lipinski definition) is 3. The Labute approximate surface area is 188 Å². The van der Waals surface area contributed by atoms with Gasteiger partial charge in [0, 0.05) is 28.7 Å². The number of carbonyl (C=O) groups excluding carboxylic acids is 1. The van der Waals surface area contributed by atoms with E-state index in [1.165, 1.54) is 5.56 Å². The largest absolute Gasteiger partial charge is 0.483 e. The quantitative estimate of drug-likeness (QED) is 0.329. The highest BCUT2D eigenvalue weighted by molar-refractivity contribution is 6.01. The van der Waals surface area contributed by atoms with Gasteiger partial charge < -0.3 is 9.30 Å². The number of fused-ring (bicyclic) bond motifs is 1. The van der Waals surface area contributed by atoms with Gasteiger partial charge in [0.1, 0.15) is 5.75 Å². The van der Waals surface area contributed by atoms with E-state index < -0.39 is 0 Å². The Bertz CT molecular complexity index is 1270. The molecule has 1 heterocycles. The second-order valence-corrected chi connectivity index (χ2v) is 7.94. The lowest BCUT2D eigenvalue weighted by molar-refractivity contribution is -0.123. The van der Waals surface area contributed by atoms with E-state index in [0.717, 1.165) is 39.8 Å². The summed E-state index contributed by atoms with van der Waals surface area (Å²) in [6, 6.07) is 24.5. The van der Waals surface area contributed by atoms with Gasteiger partial charge in [-0.05, 0) is 44.0 Å². The van der Waals surface area contributed by atoms with Gasteiger partial charge in [-0.25, -0.2) is 5.43 Å². The summed E-state index contributed by atoms with van der Waals surface area (Å²) >= 11 is 0. The summed E-state index contributed by atoms with van der Waals surface area (Å²) < 4.78 is 7.91. The molecule has 3 aromatic carbocycles. The van der Waals surface area contributed by atoms with Gasteiger partial charge in [0.25, 0.3) is 5.91 Å². The molecule has 4 rings (SSSR count). The Balaban J connectivity index is 1.47. The van der Waals surface area contributed by atoms with Gasteiger partial charge in [0.15, 0.2) is 6.61 Å². The van der Waals surface area contributed by atoms with Crippen molar-refractivity contribution >= 4 is 23.0 Å². The number of aryl methyl sites for hydroxylation is 2. The third-order valence-electron chi connectivity index (χ3n) is 5.54. The van der Waals surface area contributed by atoms with Crippen LogP contribution in [-0.4, -0.2) is 23.3 Å². The van der Waals surface area contributed by atoms with Crippen molar-refractivity contribution in [3.05, 3.63) is 101 Å². The van der Waals surface area contributed by atoms with Crippen molar-refractivity contribution in [2.24, 2.45) is 5.10 Å². The van der Waals surface area contributed by atoms with E-state index in [2.05, 4.69) is 58.4 Å². The van der Waals surface area contributed by atoms with Crippen LogP contribution in [0.4, 0.5) is 0 Å². The van der Waals surface area contributed by atoms with Crippen LogP contribution in [0.15, 0.2) is 77.9 Å². The average molecular weight is 426 g/mol. The zero-order valence-corrected chi connectivity index (χ0v) is 18.6. The lowest BCUT2D eigenvalue weighted by atomic mass is 10.1. The van der Waals surface area contributed by atoms with E-state index in [0.29, 0.717) is 5.75 Å². The first-order valence-corrected chi connectivity index (χ1v) is 10.7. The first kappa shape index (κ1) is 21.4. The van der Waals surface area contributed by atoms with Crippen LogP contribution in [0.5, 0.6) is 5.75 Å². The molecule has 0 saturated carbocycles. The lowest BCUT2D eigenvalue weighted by Gasteiger charge is -2.09. The molecule has 0 radical (unpaired) electrons. The minimum Gasteiger partial charge on any atom is -0.483 e. The van der Waals surface area contributed by atoms with Crippen molar-refractivity contribution in [3.63, 3.8) is 0 Å². The number of nitrogens with one attached hydrogen (secondary N) is 1. The highest BCUT2D eigenvalue weighted by Crippen LogP contribution is 2.25. The highest BCUT2D eigenvalue weighted by atomic mass is 16.5. The molecular formula is C27H27N3O2. The molecule has 32 heavy (non-hydrogen) atoms. The number of ether oxygens (including phenoxy) is 1. The van der Waals surface area contributed by atoms with E-state index >= 15 is 0 Å². The molecule has 0 unspecified atom stereocenters. The molecule has 5 nitrogen and oxygen atoms in total. The van der Waals surface area contributed by atoms with Crippen LogP contribution in [0.25, 0.3) is 10.9 Å². The maximum absolute atomic E-state index is 12.2. The molecule has 0 aliphatic rings. The van der Waals surface area contributed by atoms with Crippen LogP contribution in [-0.2, 0) is 11.3 Å². The zero-order valence-electron chi connectivity index (χ0n) is 18.6. The standard InChI is InChI=1S/C27H27N3O2/c1-19-13-14-26(20(2)15-19)32-18-27(31)29-28-16-24-21(3)30(17-22-9-5-4-6-10-22)25-12-8-7-11-23(24)25/h4-16H,17-18H2,1-3H3,(H,29,31)/b28-16+. The number of amides is 1. The molecule has 1 amide bonds. The Hall–Kier alpha value is -3.86. The zero-order chi connectivity index (χ0) is 22.5. The molecule has 0 bridgehead atoms. The highest BCUT2D eigenvalue weighted by Gasteiger charge is 2.13. The molecular weight excluding hydrogens is 398 g/mol. The molecule has 0 atom stereocenters. The fourth-order valence-corrected chi connectivity index (χ4v) is 3.90. The minimum atomic E-state index is -0.299. The smallest absolute Gasteiger partial charge is 0.277 e. The van der Waals surface area contributed by atoms with Gasteiger partial charge in [0.05, 0.1) is 6.21 Å². The average Bonchev–Trinajstić information content (AvgIpc) is 3.05. The summed E-state index contributed by atoms with van der Waals surface area (Å²) in [4.78, 5) is 12.2. The summed E-state index contributed by atoms with van der Waals surface area (Å²) in [5.41, 5.74) is 9.20. The minimum absolute atomic E-state index is 0.0873. The van der Waals surface area contributed by atoms with Gasteiger partial charge in [-0.3, -0.25) is 4.79 Å². The third kappa shape index (κ3) is 4.72. The molecule has 0 aliphatic heterocycles.